The average molecular weight is 430 g/mol. The number of sulfone groups is 1. The highest BCUT2D eigenvalue weighted by Crippen LogP contribution is 2.33. The minimum atomic E-state index is -3.10. The summed E-state index contributed by atoms with van der Waals surface area (Å²) >= 11 is 0. The highest BCUT2D eigenvalue weighted by atomic mass is 32.2. The lowest BCUT2D eigenvalue weighted by molar-refractivity contribution is 0.102. The lowest BCUT2D eigenvalue weighted by atomic mass is 10.2. The molecule has 1 saturated carbocycles. The number of anilines is 1. The molecule has 3 heterocycles. The number of nitrogens with zero attached hydrogens (tertiary/aromatic N) is 3. The Labute approximate surface area is 173 Å². The van der Waals surface area contributed by atoms with E-state index in [4.69, 9.17) is 4.74 Å². The van der Waals surface area contributed by atoms with Crippen LogP contribution in [0.4, 0.5) is 5.69 Å². The van der Waals surface area contributed by atoms with Crippen LogP contribution in [0, 0.1) is 0 Å². The Morgan fingerprint density at radius 3 is 2.77 bits per heavy atom. The lowest BCUT2D eigenvalue weighted by Gasteiger charge is -2.11. The fraction of sp³-hybridized carbons (Fsp3) is 0.350. The van der Waals surface area contributed by atoms with Crippen molar-refractivity contribution in [1.29, 1.82) is 0 Å². The Kier molecular flexibility index (Phi) is 5.10. The predicted octanol–water partition coefficient (Wildman–Crippen LogP) is 1.68. The van der Waals surface area contributed by atoms with Crippen LogP contribution in [0.2, 0.25) is 0 Å². The largest absolute Gasteiger partial charge is 0.493 e. The van der Waals surface area contributed by atoms with E-state index in [0.717, 1.165) is 12.8 Å². The Balaban J connectivity index is 1.62. The number of aromatic nitrogens is 3. The van der Waals surface area contributed by atoms with E-state index in [1.165, 1.54) is 19.4 Å². The van der Waals surface area contributed by atoms with Gasteiger partial charge in [0.25, 0.3) is 11.5 Å². The topological polar surface area (TPSA) is 112 Å². The van der Waals surface area contributed by atoms with Gasteiger partial charge in [0.05, 0.1) is 36.0 Å². The molecule has 30 heavy (non-hydrogen) atoms. The van der Waals surface area contributed by atoms with Gasteiger partial charge in [-0.25, -0.2) is 12.9 Å². The molecule has 4 rings (SSSR count). The van der Waals surface area contributed by atoms with Crippen LogP contribution in [0.1, 0.15) is 34.9 Å². The summed E-state index contributed by atoms with van der Waals surface area (Å²) in [6.07, 6.45) is 6.66. The third kappa shape index (κ3) is 4.23. The molecule has 1 amide bonds. The maximum atomic E-state index is 12.8. The van der Waals surface area contributed by atoms with E-state index < -0.39 is 15.7 Å². The summed E-state index contributed by atoms with van der Waals surface area (Å²) in [7, 11) is -1.63. The maximum absolute atomic E-state index is 12.8. The van der Waals surface area contributed by atoms with E-state index >= 15 is 0 Å². The van der Waals surface area contributed by atoms with Crippen LogP contribution in [0.3, 0.4) is 0 Å². The third-order valence-electron chi connectivity index (χ3n) is 4.97. The number of carbonyl (C=O) groups excluding carboxylic acids is 1. The predicted molar refractivity (Wildman–Crippen MR) is 112 cm³/mol. The molecular formula is C20H22N4O5S. The van der Waals surface area contributed by atoms with Gasteiger partial charge in [0.2, 0.25) is 0 Å². The van der Waals surface area contributed by atoms with Gasteiger partial charge in [0.1, 0.15) is 15.4 Å². The quantitative estimate of drug-likeness (QED) is 0.610. The monoisotopic (exact) mass is 430 g/mol. The molecule has 0 atom stereocenters. The van der Waals surface area contributed by atoms with E-state index in [0.29, 0.717) is 22.6 Å². The Morgan fingerprint density at radius 1 is 1.33 bits per heavy atom. The van der Waals surface area contributed by atoms with Crippen molar-refractivity contribution < 1.29 is 17.9 Å². The Morgan fingerprint density at radius 2 is 2.10 bits per heavy atom. The highest BCUT2D eigenvalue weighted by molar-refractivity contribution is 7.90. The Bertz CT molecular complexity index is 1290. The smallest absolute Gasteiger partial charge is 0.263 e. The van der Waals surface area contributed by atoms with Crippen LogP contribution in [-0.2, 0) is 16.3 Å². The molecule has 9 nitrogen and oxygen atoms in total. The summed E-state index contributed by atoms with van der Waals surface area (Å²) in [5.41, 5.74) is 1.42. The number of fused-ring (bicyclic) bond motifs is 1. The van der Waals surface area contributed by atoms with Gasteiger partial charge in [-0.15, -0.1) is 0 Å². The van der Waals surface area contributed by atoms with Crippen molar-refractivity contribution in [3.8, 4) is 5.75 Å². The van der Waals surface area contributed by atoms with Crippen molar-refractivity contribution in [2.24, 2.45) is 0 Å². The number of hydrogen-bond acceptors (Lipinski definition) is 6. The molecule has 3 aromatic heterocycles. The molecule has 3 aromatic rings. The first-order valence-corrected chi connectivity index (χ1v) is 11.6. The van der Waals surface area contributed by atoms with Gasteiger partial charge in [-0.3, -0.25) is 9.59 Å². The molecule has 0 unspecified atom stereocenters. The average Bonchev–Trinajstić information content (AvgIpc) is 3.45. The van der Waals surface area contributed by atoms with Crippen LogP contribution in [-0.4, -0.2) is 47.6 Å². The highest BCUT2D eigenvalue weighted by Gasteiger charge is 2.26. The molecule has 1 fully saturated rings. The van der Waals surface area contributed by atoms with Crippen LogP contribution >= 0.6 is 0 Å². The SMILES string of the molecule is COc1cn2nc(CCS(C)(=O)=O)cc2cc1NC(=O)c1cccn(C2CC2)c1=O. The molecule has 0 aliphatic heterocycles. The third-order valence-corrected chi connectivity index (χ3v) is 5.91. The van der Waals surface area contributed by atoms with Crippen LogP contribution in [0.5, 0.6) is 5.75 Å². The van der Waals surface area contributed by atoms with Gasteiger partial charge in [0.15, 0.2) is 5.75 Å². The summed E-state index contributed by atoms with van der Waals surface area (Å²) < 4.78 is 31.3. The van der Waals surface area contributed by atoms with Gasteiger partial charge >= 0.3 is 0 Å². The number of rotatable bonds is 7. The van der Waals surface area contributed by atoms with Crippen molar-refractivity contribution in [2.75, 3.05) is 24.4 Å². The number of amides is 1. The van der Waals surface area contributed by atoms with Crippen molar-refractivity contribution in [3.05, 3.63) is 58.3 Å². The molecule has 0 radical (unpaired) electrons. The van der Waals surface area contributed by atoms with Gasteiger partial charge in [0, 0.05) is 24.9 Å². The number of nitrogens with one attached hydrogen (secondary N) is 1. The normalized spacial score (nSPS) is 14.1. The molecule has 1 aliphatic carbocycles. The molecule has 0 aromatic carbocycles. The zero-order valence-corrected chi connectivity index (χ0v) is 17.5. The molecule has 1 aliphatic rings. The second-order valence-electron chi connectivity index (χ2n) is 7.46. The summed E-state index contributed by atoms with van der Waals surface area (Å²) in [6, 6.07) is 6.80. The minimum absolute atomic E-state index is 0.00110. The number of ether oxygens (including phenoxy) is 1. The molecular weight excluding hydrogens is 408 g/mol. The van der Waals surface area contributed by atoms with Gasteiger partial charge in [-0.1, -0.05) is 0 Å². The second-order valence-corrected chi connectivity index (χ2v) is 9.72. The van der Waals surface area contributed by atoms with Crippen LogP contribution in [0.25, 0.3) is 5.52 Å². The fourth-order valence-corrected chi connectivity index (χ4v) is 3.84. The first kappa shape index (κ1) is 20.1. The summed E-state index contributed by atoms with van der Waals surface area (Å²) in [5.74, 6) is -0.152. The number of aryl methyl sites for hydroxylation is 1. The molecule has 10 heteroatoms. The summed E-state index contributed by atoms with van der Waals surface area (Å²) in [6.45, 7) is 0. The van der Waals surface area contributed by atoms with Crippen molar-refractivity contribution in [2.45, 2.75) is 25.3 Å². The van der Waals surface area contributed by atoms with Crippen molar-refractivity contribution >= 4 is 26.9 Å². The summed E-state index contributed by atoms with van der Waals surface area (Å²) in [4.78, 5) is 25.4. The zero-order chi connectivity index (χ0) is 21.5. The summed E-state index contributed by atoms with van der Waals surface area (Å²) in [5, 5.41) is 7.11. The van der Waals surface area contributed by atoms with Crippen LogP contribution in [0.15, 0.2) is 41.5 Å². The van der Waals surface area contributed by atoms with E-state index in [9.17, 15) is 18.0 Å². The fourth-order valence-electron chi connectivity index (χ4n) is 3.26. The van der Waals surface area contributed by atoms with E-state index in [2.05, 4.69) is 10.4 Å². The molecule has 158 valence electrons. The van der Waals surface area contributed by atoms with Crippen LogP contribution < -0.4 is 15.6 Å². The number of hydrogen-bond donors (Lipinski definition) is 1. The maximum Gasteiger partial charge on any atom is 0.263 e. The molecule has 0 bridgehead atoms. The number of methoxy groups -OCH3 is 1. The first-order chi connectivity index (χ1) is 14.2. The van der Waals surface area contributed by atoms with E-state index in [1.807, 2.05) is 0 Å². The standard InChI is InChI=1S/C20H22N4O5S/c1-29-18-12-24-15(10-13(22-24)7-9-30(2,27)28)11-17(18)21-19(25)16-4-3-8-23(20(16)26)14-5-6-14/h3-4,8,10-12,14H,5-7,9H2,1-2H3,(H,21,25). The van der Waals surface area contributed by atoms with Gasteiger partial charge in [-0.2, -0.15) is 5.10 Å². The first-order valence-electron chi connectivity index (χ1n) is 9.52. The van der Waals surface area contributed by atoms with Gasteiger partial charge < -0.3 is 14.6 Å². The number of carbonyl (C=O) groups is 1. The molecule has 0 spiro atoms. The van der Waals surface area contributed by atoms with Gasteiger partial charge in [-0.05, 0) is 37.1 Å². The lowest BCUT2D eigenvalue weighted by Crippen LogP contribution is -2.28. The molecule has 0 saturated heterocycles. The van der Waals surface area contributed by atoms with Crippen molar-refractivity contribution in [3.63, 3.8) is 0 Å². The second kappa shape index (κ2) is 7.60. The van der Waals surface area contributed by atoms with E-state index in [1.54, 1.807) is 39.7 Å². The molecule has 1 N–H and O–H groups in total. The number of pyridine rings is 2. The van der Waals surface area contributed by atoms with Crippen molar-refractivity contribution in [1.82, 2.24) is 14.2 Å². The minimum Gasteiger partial charge on any atom is -0.493 e. The Hall–Kier alpha value is -3.14. The zero-order valence-electron chi connectivity index (χ0n) is 16.7. The van der Waals surface area contributed by atoms with E-state index in [-0.39, 0.29) is 29.3 Å².